The van der Waals surface area contributed by atoms with Gasteiger partial charge < -0.3 is 9.73 Å². The van der Waals surface area contributed by atoms with E-state index in [4.69, 9.17) is 4.42 Å². The van der Waals surface area contributed by atoms with E-state index in [1.54, 1.807) is 6.92 Å². The van der Waals surface area contributed by atoms with Crippen molar-refractivity contribution in [1.82, 2.24) is 10.0 Å². The smallest absolute Gasteiger partial charge is 0.214 e. The van der Waals surface area contributed by atoms with Crippen LogP contribution in [0.2, 0.25) is 0 Å². The van der Waals surface area contributed by atoms with Gasteiger partial charge in [-0.3, -0.25) is 0 Å². The van der Waals surface area contributed by atoms with E-state index >= 15 is 0 Å². The number of para-hydroxylation sites is 1. The second kappa shape index (κ2) is 9.22. The second-order valence-corrected chi connectivity index (χ2v) is 9.94. The fourth-order valence-corrected chi connectivity index (χ4v) is 5.18. The summed E-state index contributed by atoms with van der Waals surface area (Å²) < 4.78 is 32.9. The molecule has 1 aromatic heterocycles. The van der Waals surface area contributed by atoms with Gasteiger partial charge in [-0.15, -0.1) is 0 Å². The van der Waals surface area contributed by atoms with Crippen LogP contribution in [0.3, 0.4) is 0 Å². The van der Waals surface area contributed by atoms with Crippen molar-refractivity contribution < 1.29 is 12.8 Å². The van der Waals surface area contributed by atoms with Gasteiger partial charge in [0, 0.05) is 11.4 Å². The van der Waals surface area contributed by atoms with E-state index in [0.717, 1.165) is 50.8 Å². The standard InChI is InChI=1S/C21H32N2O3S/c1-3-16(2)27(24,25)23-19-10-8-17(9-11-19)14-22-13-12-18-15-26-21-7-5-4-6-20(18)21/h4-7,15-17,19,22-23H,3,8-14H2,1-2H3. The minimum absolute atomic E-state index is 0.109. The number of sulfonamides is 1. The first kappa shape index (κ1) is 20.4. The summed E-state index contributed by atoms with van der Waals surface area (Å²) in [6.45, 7) is 5.63. The average molecular weight is 393 g/mol. The Bertz CT molecular complexity index is 823. The summed E-state index contributed by atoms with van der Waals surface area (Å²) in [6, 6.07) is 8.25. The largest absolute Gasteiger partial charge is 0.464 e. The van der Waals surface area contributed by atoms with Crippen LogP contribution in [0.1, 0.15) is 51.5 Å². The van der Waals surface area contributed by atoms with Gasteiger partial charge in [0.25, 0.3) is 0 Å². The Labute approximate surface area is 163 Å². The lowest BCUT2D eigenvalue weighted by atomic mass is 9.86. The van der Waals surface area contributed by atoms with Gasteiger partial charge in [0.1, 0.15) is 5.58 Å². The molecule has 1 fully saturated rings. The minimum atomic E-state index is -3.17. The Morgan fingerprint density at radius 2 is 1.93 bits per heavy atom. The summed E-state index contributed by atoms with van der Waals surface area (Å²) >= 11 is 0. The molecule has 0 saturated heterocycles. The highest BCUT2D eigenvalue weighted by molar-refractivity contribution is 7.90. The Balaban J connectivity index is 1.36. The molecule has 0 bridgehead atoms. The normalized spacial score (nSPS) is 22.1. The van der Waals surface area contributed by atoms with Gasteiger partial charge in [-0.1, -0.05) is 25.1 Å². The van der Waals surface area contributed by atoms with Gasteiger partial charge in [0.05, 0.1) is 11.5 Å². The molecule has 1 saturated carbocycles. The topological polar surface area (TPSA) is 71.3 Å². The number of rotatable bonds is 9. The molecule has 0 amide bonds. The van der Waals surface area contributed by atoms with Crippen molar-refractivity contribution in [3.63, 3.8) is 0 Å². The van der Waals surface area contributed by atoms with Crippen LogP contribution in [0.5, 0.6) is 0 Å². The van der Waals surface area contributed by atoms with Gasteiger partial charge in [-0.05, 0) is 76.1 Å². The lowest BCUT2D eigenvalue weighted by Crippen LogP contribution is -2.42. The molecule has 1 aliphatic carbocycles. The molecule has 0 spiro atoms. The Hall–Kier alpha value is -1.37. The van der Waals surface area contributed by atoms with Gasteiger partial charge in [-0.2, -0.15) is 0 Å². The van der Waals surface area contributed by atoms with E-state index in [0.29, 0.717) is 12.3 Å². The molecule has 1 aromatic carbocycles. The molecule has 27 heavy (non-hydrogen) atoms. The van der Waals surface area contributed by atoms with Gasteiger partial charge >= 0.3 is 0 Å². The van der Waals surface area contributed by atoms with Gasteiger partial charge in [0.2, 0.25) is 10.0 Å². The highest BCUT2D eigenvalue weighted by Crippen LogP contribution is 2.25. The van der Waals surface area contributed by atoms with Crippen molar-refractivity contribution in [3.05, 3.63) is 36.1 Å². The van der Waals surface area contributed by atoms with Crippen LogP contribution >= 0.6 is 0 Å². The monoisotopic (exact) mass is 392 g/mol. The number of nitrogens with one attached hydrogen (secondary N) is 2. The molecule has 150 valence electrons. The van der Waals surface area contributed by atoms with E-state index in [1.165, 1.54) is 10.9 Å². The highest BCUT2D eigenvalue weighted by atomic mass is 32.2. The Morgan fingerprint density at radius 3 is 2.67 bits per heavy atom. The van der Waals surface area contributed by atoms with E-state index < -0.39 is 10.0 Å². The van der Waals surface area contributed by atoms with Crippen molar-refractivity contribution >= 4 is 21.0 Å². The summed E-state index contributed by atoms with van der Waals surface area (Å²) in [6.07, 6.45) is 7.51. The molecular weight excluding hydrogens is 360 g/mol. The molecule has 2 aromatic rings. The molecule has 2 N–H and O–H groups in total. The van der Waals surface area contributed by atoms with Crippen LogP contribution in [0.4, 0.5) is 0 Å². The molecule has 0 aliphatic heterocycles. The maximum absolute atomic E-state index is 12.2. The van der Waals surface area contributed by atoms with Crippen molar-refractivity contribution in [3.8, 4) is 0 Å². The molecular formula is C21H32N2O3S. The molecule has 1 unspecified atom stereocenters. The van der Waals surface area contributed by atoms with Crippen LogP contribution < -0.4 is 10.0 Å². The lowest BCUT2D eigenvalue weighted by molar-refractivity contribution is 0.303. The summed E-state index contributed by atoms with van der Waals surface area (Å²) in [5.74, 6) is 0.635. The van der Waals surface area contributed by atoms with Crippen LogP contribution in [0.15, 0.2) is 34.9 Å². The number of hydrogen-bond donors (Lipinski definition) is 2. The maximum Gasteiger partial charge on any atom is 0.214 e. The maximum atomic E-state index is 12.2. The van der Waals surface area contributed by atoms with Crippen LogP contribution in [-0.2, 0) is 16.4 Å². The summed E-state index contributed by atoms with van der Waals surface area (Å²) in [5, 5.41) is 4.46. The molecule has 1 aliphatic rings. The SMILES string of the molecule is CCC(C)S(=O)(=O)NC1CCC(CNCCc2coc3ccccc23)CC1. The minimum Gasteiger partial charge on any atom is -0.464 e. The predicted octanol–water partition coefficient (Wildman–Crippen LogP) is 3.84. The predicted molar refractivity (Wildman–Crippen MR) is 110 cm³/mol. The average Bonchev–Trinajstić information content (AvgIpc) is 3.09. The van der Waals surface area contributed by atoms with Crippen LogP contribution in [0.25, 0.3) is 11.0 Å². The lowest BCUT2D eigenvalue weighted by Gasteiger charge is -2.30. The van der Waals surface area contributed by atoms with Crippen LogP contribution in [0, 0.1) is 5.92 Å². The molecule has 3 rings (SSSR count). The fourth-order valence-electron chi connectivity index (χ4n) is 3.81. The molecule has 1 heterocycles. The van der Waals surface area contributed by atoms with E-state index in [2.05, 4.69) is 16.1 Å². The van der Waals surface area contributed by atoms with E-state index in [1.807, 2.05) is 31.4 Å². The fraction of sp³-hybridized carbons (Fsp3) is 0.619. The third-order valence-corrected chi connectivity index (χ3v) is 7.90. The number of benzene rings is 1. The number of furan rings is 1. The van der Waals surface area contributed by atoms with Gasteiger partial charge in [-0.25, -0.2) is 13.1 Å². The van der Waals surface area contributed by atoms with Crippen molar-refractivity contribution in [2.24, 2.45) is 5.92 Å². The van der Waals surface area contributed by atoms with E-state index in [9.17, 15) is 8.42 Å². The molecule has 5 nitrogen and oxygen atoms in total. The first-order chi connectivity index (χ1) is 13.0. The quantitative estimate of drug-likeness (QED) is 0.636. The first-order valence-electron chi connectivity index (χ1n) is 10.2. The van der Waals surface area contributed by atoms with Crippen molar-refractivity contribution in [2.75, 3.05) is 13.1 Å². The number of fused-ring (bicyclic) bond motifs is 1. The third kappa shape index (κ3) is 5.33. The summed E-state index contributed by atoms with van der Waals surface area (Å²) in [4.78, 5) is 0. The zero-order valence-corrected chi connectivity index (χ0v) is 17.2. The third-order valence-electron chi connectivity index (χ3n) is 5.85. The van der Waals surface area contributed by atoms with Crippen molar-refractivity contribution in [2.45, 2.75) is 63.7 Å². The molecule has 1 atom stereocenters. The van der Waals surface area contributed by atoms with E-state index in [-0.39, 0.29) is 11.3 Å². The Kier molecular flexibility index (Phi) is 6.95. The zero-order chi connectivity index (χ0) is 19.3. The molecule has 6 heteroatoms. The van der Waals surface area contributed by atoms with Gasteiger partial charge in [0.15, 0.2) is 0 Å². The van der Waals surface area contributed by atoms with Crippen LogP contribution in [-0.4, -0.2) is 32.8 Å². The zero-order valence-electron chi connectivity index (χ0n) is 16.4. The second-order valence-electron chi connectivity index (χ2n) is 7.81. The number of hydrogen-bond acceptors (Lipinski definition) is 4. The molecule has 0 radical (unpaired) electrons. The Morgan fingerprint density at radius 1 is 1.19 bits per heavy atom. The van der Waals surface area contributed by atoms with Crippen molar-refractivity contribution in [1.29, 1.82) is 0 Å². The summed E-state index contributed by atoms with van der Waals surface area (Å²) in [5.41, 5.74) is 2.20. The first-order valence-corrected chi connectivity index (χ1v) is 11.7. The highest BCUT2D eigenvalue weighted by Gasteiger charge is 2.27. The summed E-state index contributed by atoms with van der Waals surface area (Å²) in [7, 11) is -3.17.